The van der Waals surface area contributed by atoms with Gasteiger partial charge < -0.3 is 9.80 Å². The maximum Gasteiger partial charge on any atom is 0.271 e. The molecule has 9 nitrogen and oxygen atoms in total. The van der Waals surface area contributed by atoms with Gasteiger partial charge in [-0.05, 0) is 12.1 Å². The molecule has 0 atom stereocenters. The van der Waals surface area contributed by atoms with E-state index in [1.165, 1.54) is 11.1 Å². The Morgan fingerprint density at radius 3 is 2.34 bits per heavy atom. The van der Waals surface area contributed by atoms with E-state index in [4.69, 9.17) is 23.2 Å². The molecule has 2 aromatic rings. The van der Waals surface area contributed by atoms with E-state index in [-0.39, 0.29) is 10.5 Å². The summed E-state index contributed by atoms with van der Waals surface area (Å²) in [4.78, 5) is 30.6. The first kappa shape index (κ1) is 21.3. The van der Waals surface area contributed by atoms with Crippen LogP contribution in [0.3, 0.4) is 0 Å². The molecule has 1 saturated heterocycles. The van der Waals surface area contributed by atoms with Crippen molar-refractivity contribution >= 4 is 50.5 Å². The van der Waals surface area contributed by atoms with Crippen molar-refractivity contribution in [2.24, 2.45) is 0 Å². The molecule has 0 spiro atoms. The molecule has 1 amide bonds. The number of anilines is 1. The van der Waals surface area contributed by atoms with Crippen LogP contribution in [0.5, 0.6) is 0 Å². The van der Waals surface area contributed by atoms with Gasteiger partial charge in [0.05, 0.1) is 19.9 Å². The van der Waals surface area contributed by atoms with Gasteiger partial charge in [0, 0.05) is 56.3 Å². The zero-order chi connectivity index (χ0) is 21.3. The summed E-state index contributed by atoms with van der Waals surface area (Å²) in [6, 6.07) is 4.77. The van der Waals surface area contributed by atoms with Gasteiger partial charge in [0.2, 0.25) is 0 Å². The summed E-state index contributed by atoms with van der Waals surface area (Å²) in [6.45, 7) is 1.51. The lowest BCUT2D eigenvalue weighted by molar-refractivity contribution is -0.385. The number of carbonyl (C=O) groups excluding carboxylic acids is 1. The van der Waals surface area contributed by atoms with Gasteiger partial charge >= 0.3 is 0 Å². The maximum atomic E-state index is 12.8. The van der Waals surface area contributed by atoms with E-state index < -0.39 is 26.4 Å². The van der Waals surface area contributed by atoms with E-state index in [9.17, 15) is 23.3 Å². The van der Waals surface area contributed by atoms with Gasteiger partial charge in [-0.3, -0.25) is 14.9 Å². The SMILES string of the molecule is CS(=O)(=O)c1cc(C(=O)N2CCN(c3ncc(Cl)cc3Cl)CC2)cc([N+](=O)[O-])c1. The van der Waals surface area contributed by atoms with E-state index in [1.807, 2.05) is 4.90 Å². The van der Waals surface area contributed by atoms with Gasteiger partial charge in [-0.1, -0.05) is 23.2 Å². The molecule has 2 heterocycles. The molecule has 29 heavy (non-hydrogen) atoms. The van der Waals surface area contributed by atoms with Crippen molar-refractivity contribution in [1.82, 2.24) is 9.88 Å². The fraction of sp³-hybridized carbons (Fsp3) is 0.294. The molecule has 1 fully saturated rings. The number of nitro benzene ring substituents is 1. The van der Waals surface area contributed by atoms with Gasteiger partial charge in [-0.2, -0.15) is 0 Å². The van der Waals surface area contributed by atoms with Crippen molar-refractivity contribution in [2.75, 3.05) is 37.3 Å². The highest BCUT2D eigenvalue weighted by atomic mass is 35.5. The first-order valence-corrected chi connectivity index (χ1v) is 11.1. The average molecular weight is 459 g/mol. The Morgan fingerprint density at radius 1 is 1.14 bits per heavy atom. The molecular weight excluding hydrogens is 443 g/mol. The van der Waals surface area contributed by atoms with E-state index in [2.05, 4.69) is 4.98 Å². The molecule has 0 unspecified atom stereocenters. The molecule has 12 heteroatoms. The van der Waals surface area contributed by atoms with Crippen LogP contribution < -0.4 is 4.90 Å². The number of piperazine rings is 1. The number of carbonyl (C=O) groups is 1. The van der Waals surface area contributed by atoms with Crippen LogP contribution in [0.1, 0.15) is 10.4 Å². The van der Waals surface area contributed by atoms with Crippen LogP contribution in [-0.2, 0) is 9.84 Å². The number of hydrogen-bond acceptors (Lipinski definition) is 7. The second kappa shape index (κ2) is 8.13. The van der Waals surface area contributed by atoms with Crippen LogP contribution in [0, 0.1) is 10.1 Å². The largest absolute Gasteiger partial charge is 0.352 e. The minimum absolute atomic E-state index is 0.0456. The zero-order valence-corrected chi connectivity index (χ0v) is 17.5. The van der Waals surface area contributed by atoms with Crippen molar-refractivity contribution in [3.63, 3.8) is 0 Å². The van der Waals surface area contributed by atoms with E-state index in [1.54, 1.807) is 6.07 Å². The third-order valence-electron chi connectivity index (χ3n) is 4.43. The summed E-state index contributed by atoms with van der Waals surface area (Å²) >= 11 is 12.0. The molecule has 0 aliphatic carbocycles. The van der Waals surface area contributed by atoms with Gasteiger partial charge in [0.15, 0.2) is 9.84 Å². The summed E-state index contributed by atoms with van der Waals surface area (Å²) in [5, 5.41) is 12.0. The average Bonchev–Trinajstić information content (AvgIpc) is 2.66. The molecular formula is C17H16Cl2N4O5S. The first-order valence-electron chi connectivity index (χ1n) is 8.41. The number of hydrogen-bond donors (Lipinski definition) is 0. The van der Waals surface area contributed by atoms with Crippen LogP contribution in [0.25, 0.3) is 0 Å². The molecule has 0 N–H and O–H groups in total. The minimum atomic E-state index is -3.72. The van der Waals surface area contributed by atoms with Crippen molar-refractivity contribution < 1.29 is 18.1 Å². The number of aromatic nitrogens is 1. The predicted octanol–water partition coefficient (Wildman–Crippen LogP) is 2.66. The molecule has 0 bridgehead atoms. The topological polar surface area (TPSA) is 114 Å². The van der Waals surface area contributed by atoms with Crippen molar-refractivity contribution in [3.8, 4) is 0 Å². The van der Waals surface area contributed by atoms with Crippen molar-refractivity contribution in [2.45, 2.75) is 4.90 Å². The molecule has 1 aromatic heterocycles. The fourth-order valence-electron chi connectivity index (χ4n) is 2.97. The number of nitrogens with zero attached hydrogens (tertiary/aromatic N) is 4. The lowest BCUT2D eigenvalue weighted by Gasteiger charge is -2.35. The highest BCUT2D eigenvalue weighted by Gasteiger charge is 2.26. The molecule has 0 radical (unpaired) electrons. The Hall–Kier alpha value is -2.43. The number of halogens is 2. The summed E-state index contributed by atoms with van der Waals surface area (Å²) < 4.78 is 23.7. The maximum absolute atomic E-state index is 12.8. The Labute approximate surface area is 176 Å². The van der Waals surface area contributed by atoms with Gasteiger partial charge in [-0.25, -0.2) is 13.4 Å². The van der Waals surface area contributed by atoms with E-state index in [0.717, 1.165) is 24.5 Å². The van der Waals surface area contributed by atoms with Crippen LogP contribution in [0.15, 0.2) is 35.4 Å². The third kappa shape index (κ3) is 4.77. The van der Waals surface area contributed by atoms with Gasteiger partial charge in [0.1, 0.15) is 5.82 Å². The quantitative estimate of drug-likeness (QED) is 0.510. The number of sulfone groups is 1. The smallest absolute Gasteiger partial charge is 0.271 e. The second-order valence-electron chi connectivity index (χ2n) is 6.48. The molecule has 1 aliphatic rings. The third-order valence-corrected chi connectivity index (χ3v) is 6.01. The van der Waals surface area contributed by atoms with Crippen LogP contribution in [0.4, 0.5) is 11.5 Å². The van der Waals surface area contributed by atoms with Crippen LogP contribution in [-0.4, -0.2) is 61.6 Å². The fourth-order valence-corrected chi connectivity index (χ4v) is 4.15. The number of non-ortho nitro benzene ring substituents is 1. The zero-order valence-electron chi connectivity index (χ0n) is 15.2. The summed E-state index contributed by atoms with van der Waals surface area (Å²) in [7, 11) is -3.72. The number of benzene rings is 1. The standard InChI is InChI=1S/C17H16Cl2N4O5S/c1-29(27,28)14-7-11(6-13(9-14)23(25)26)17(24)22-4-2-21(3-5-22)16-15(19)8-12(18)10-20-16/h6-10H,2-5H2,1H3. The van der Waals surface area contributed by atoms with E-state index >= 15 is 0 Å². The number of nitro groups is 1. The molecule has 1 aromatic carbocycles. The van der Waals surface area contributed by atoms with Gasteiger partial charge in [-0.15, -0.1) is 0 Å². The number of rotatable bonds is 4. The summed E-state index contributed by atoms with van der Waals surface area (Å²) in [6.07, 6.45) is 2.41. The molecule has 1 aliphatic heterocycles. The van der Waals surface area contributed by atoms with E-state index in [0.29, 0.717) is 42.0 Å². The molecule has 3 rings (SSSR count). The highest BCUT2D eigenvalue weighted by Crippen LogP contribution is 2.27. The predicted molar refractivity (Wildman–Crippen MR) is 109 cm³/mol. The Bertz CT molecular complexity index is 1090. The Kier molecular flexibility index (Phi) is 5.97. The Balaban J connectivity index is 1.80. The second-order valence-corrected chi connectivity index (χ2v) is 9.34. The summed E-state index contributed by atoms with van der Waals surface area (Å²) in [5.74, 6) is 0.0753. The lowest BCUT2D eigenvalue weighted by Crippen LogP contribution is -2.49. The summed E-state index contributed by atoms with van der Waals surface area (Å²) in [5.41, 5.74) is -0.497. The lowest BCUT2D eigenvalue weighted by atomic mass is 10.1. The first-order chi connectivity index (χ1) is 13.6. The number of pyridine rings is 1. The van der Waals surface area contributed by atoms with Crippen LogP contribution >= 0.6 is 23.2 Å². The normalized spacial score (nSPS) is 14.7. The van der Waals surface area contributed by atoms with Crippen molar-refractivity contribution in [1.29, 1.82) is 0 Å². The van der Waals surface area contributed by atoms with Crippen LogP contribution in [0.2, 0.25) is 10.0 Å². The minimum Gasteiger partial charge on any atom is -0.352 e. The monoisotopic (exact) mass is 458 g/mol. The molecule has 154 valence electrons. The Morgan fingerprint density at radius 2 is 1.79 bits per heavy atom. The number of amides is 1. The van der Waals surface area contributed by atoms with Crippen molar-refractivity contribution in [3.05, 3.63) is 56.2 Å². The molecule has 0 saturated carbocycles. The highest BCUT2D eigenvalue weighted by molar-refractivity contribution is 7.90. The van der Waals surface area contributed by atoms with Gasteiger partial charge in [0.25, 0.3) is 11.6 Å².